The normalized spacial score (nSPS) is 14.1. The Labute approximate surface area is 173 Å². The van der Waals surface area contributed by atoms with Crippen LogP contribution in [0.5, 0.6) is 0 Å². The Kier molecular flexibility index (Phi) is 5.06. The lowest BCUT2D eigenvalue weighted by atomic mass is 9.98. The van der Waals surface area contributed by atoms with E-state index in [1.807, 2.05) is 42.5 Å². The molecule has 3 N–H and O–H groups in total. The Morgan fingerprint density at radius 3 is 2.34 bits per heavy atom. The van der Waals surface area contributed by atoms with E-state index in [9.17, 15) is 9.59 Å². The van der Waals surface area contributed by atoms with Crippen LogP contribution in [-0.4, -0.2) is 18.9 Å². The number of nitrogens with one attached hydrogen (secondary N) is 3. The Bertz CT molecular complexity index is 1120. The van der Waals surface area contributed by atoms with Gasteiger partial charge < -0.3 is 16.0 Å². The number of carbonyl (C=O) groups is 2. The third kappa shape index (κ3) is 3.73. The van der Waals surface area contributed by atoms with Gasteiger partial charge in [-0.25, -0.2) is 0 Å². The molecular formula is C23H18ClN3O2. The lowest BCUT2D eigenvalue weighted by molar-refractivity contribution is -0.110. The molecule has 6 heteroatoms. The second-order valence-corrected chi connectivity index (χ2v) is 6.98. The molecule has 2 amide bonds. The summed E-state index contributed by atoms with van der Waals surface area (Å²) in [6, 6.07) is 22.0. The number of carbonyl (C=O) groups excluding carboxylic acids is 2. The summed E-state index contributed by atoms with van der Waals surface area (Å²) in [6.45, 7) is 0. The number of anilines is 2. The fourth-order valence-corrected chi connectivity index (χ4v) is 3.39. The zero-order chi connectivity index (χ0) is 20.4. The van der Waals surface area contributed by atoms with Crippen LogP contribution in [0.15, 0.2) is 72.8 Å². The lowest BCUT2D eigenvalue weighted by Gasteiger charge is -2.15. The molecule has 1 heterocycles. The predicted molar refractivity (Wildman–Crippen MR) is 117 cm³/mol. The van der Waals surface area contributed by atoms with Gasteiger partial charge in [0.2, 0.25) is 0 Å². The van der Waals surface area contributed by atoms with Gasteiger partial charge in [0.05, 0.1) is 11.3 Å². The molecule has 0 atom stereocenters. The summed E-state index contributed by atoms with van der Waals surface area (Å²) >= 11 is 6.00. The highest BCUT2D eigenvalue weighted by atomic mass is 35.5. The molecule has 0 bridgehead atoms. The van der Waals surface area contributed by atoms with E-state index in [4.69, 9.17) is 11.6 Å². The van der Waals surface area contributed by atoms with Gasteiger partial charge in [0.1, 0.15) is 0 Å². The largest absolute Gasteiger partial charge is 0.355 e. The number of benzene rings is 3. The Balaban J connectivity index is 1.90. The first-order chi connectivity index (χ1) is 14.1. The zero-order valence-corrected chi connectivity index (χ0v) is 16.4. The SMILES string of the molecule is CNC(=O)c1ccc2c(c1)C(=C(Nc1ccc(Cl)cc1)c1ccccc1)C(=O)N2. The van der Waals surface area contributed by atoms with Crippen LogP contribution in [0.2, 0.25) is 5.02 Å². The summed E-state index contributed by atoms with van der Waals surface area (Å²) < 4.78 is 0. The van der Waals surface area contributed by atoms with E-state index in [1.54, 1.807) is 37.4 Å². The smallest absolute Gasteiger partial charge is 0.258 e. The zero-order valence-electron chi connectivity index (χ0n) is 15.6. The van der Waals surface area contributed by atoms with E-state index in [1.165, 1.54) is 0 Å². The van der Waals surface area contributed by atoms with Crippen LogP contribution in [0.4, 0.5) is 11.4 Å². The van der Waals surface area contributed by atoms with Crippen LogP contribution in [0.1, 0.15) is 21.5 Å². The quantitative estimate of drug-likeness (QED) is 0.556. The van der Waals surface area contributed by atoms with Crippen molar-refractivity contribution >= 4 is 46.1 Å². The van der Waals surface area contributed by atoms with Gasteiger partial charge in [0.25, 0.3) is 11.8 Å². The molecule has 0 spiro atoms. The van der Waals surface area contributed by atoms with Crippen molar-refractivity contribution in [3.8, 4) is 0 Å². The van der Waals surface area contributed by atoms with Gasteiger partial charge in [0, 0.05) is 34.6 Å². The van der Waals surface area contributed by atoms with Gasteiger partial charge in [-0.15, -0.1) is 0 Å². The molecule has 0 unspecified atom stereocenters. The second kappa shape index (κ2) is 7.81. The second-order valence-electron chi connectivity index (χ2n) is 6.54. The van der Waals surface area contributed by atoms with Gasteiger partial charge in [0.15, 0.2) is 0 Å². The van der Waals surface area contributed by atoms with Gasteiger partial charge in [-0.05, 0) is 48.0 Å². The van der Waals surface area contributed by atoms with Gasteiger partial charge >= 0.3 is 0 Å². The summed E-state index contributed by atoms with van der Waals surface area (Å²) in [5, 5.41) is 9.49. The predicted octanol–water partition coefficient (Wildman–Crippen LogP) is 4.63. The maximum Gasteiger partial charge on any atom is 0.258 e. The Hall–Kier alpha value is -3.57. The number of hydrogen-bond acceptors (Lipinski definition) is 3. The van der Waals surface area contributed by atoms with Gasteiger partial charge in [-0.1, -0.05) is 41.9 Å². The molecule has 0 fully saturated rings. The fourth-order valence-electron chi connectivity index (χ4n) is 3.26. The molecule has 1 aliphatic heterocycles. The molecule has 0 aromatic heterocycles. The number of rotatable bonds is 4. The van der Waals surface area contributed by atoms with Gasteiger partial charge in [-0.2, -0.15) is 0 Å². The molecule has 29 heavy (non-hydrogen) atoms. The van der Waals surface area contributed by atoms with E-state index < -0.39 is 0 Å². The molecular weight excluding hydrogens is 386 g/mol. The van der Waals surface area contributed by atoms with Crippen LogP contribution < -0.4 is 16.0 Å². The Morgan fingerprint density at radius 2 is 1.66 bits per heavy atom. The van der Waals surface area contributed by atoms with Crippen molar-refractivity contribution in [3.05, 3.63) is 94.5 Å². The highest BCUT2D eigenvalue weighted by molar-refractivity contribution is 6.37. The summed E-state index contributed by atoms with van der Waals surface area (Å²) in [5.74, 6) is -0.437. The van der Waals surface area contributed by atoms with E-state index in [0.29, 0.717) is 33.1 Å². The minimum absolute atomic E-state index is 0.210. The minimum Gasteiger partial charge on any atom is -0.355 e. The Morgan fingerprint density at radius 1 is 0.931 bits per heavy atom. The lowest BCUT2D eigenvalue weighted by Crippen LogP contribution is -2.17. The van der Waals surface area contributed by atoms with E-state index >= 15 is 0 Å². The highest BCUT2D eigenvalue weighted by Crippen LogP contribution is 2.38. The number of amides is 2. The molecule has 0 radical (unpaired) electrons. The van der Waals surface area contributed by atoms with E-state index in [-0.39, 0.29) is 11.8 Å². The van der Waals surface area contributed by atoms with Crippen molar-refractivity contribution in [1.82, 2.24) is 5.32 Å². The minimum atomic E-state index is -0.227. The van der Waals surface area contributed by atoms with Crippen LogP contribution in [0.3, 0.4) is 0 Å². The van der Waals surface area contributed by atoms with Crippen LogP contribution in [-0.2, 0) is 4.79 Å². The maximum atomic E-state index is 12.9. The first kappa shape index (κ1) is 18.8. The summed E-state index contributed by atoms with van der Waals surface area (Å²) in [5.41, 5.74) is 4.61. The third-order valence-corrected chi connectivity index (χ3v) is 4.93. The summed E-state index contributed by atoms with van der Waals surface area (Å²) in [4.78, 5) is 25.0. The maximum absolute atomic E-state index is 12.9. The van der Waals surface area contributed by atoms with E-state index in [2.05, 4.69) is 16.0 Å². The van der Waals surface area contributed by atoms with Crippen LogP contribution in [0, 0.1) is 0 Å². The molecule has 3 aromatic carbocycles. The van der Waals surface area contributed by atoms with Crippen molar-refractivity contribution in [1.29, 1.82) is 0 Å². The van der Waals surface area contributed by atoms with Gasteiger partial charge in [-0.3, -0.25) is 9.59 Å². The fraction of sp³-hybridized carbons (Fsp3) is 0.0435. The molecule has 5 nitrogen and oxygen atoms in total. The van der Waals surface area contributed by atoms with Crippen LogP contribution >= 0.6 is 11.6 Å². The molecule has 144 valence electrons. The third-order valence-electron chi connectivity index (χ3n) is 4.68. The average molecular weight is 404 g/mol. The van der Waals surface area contributed by atoms with Crippen molar-refractivity contribution in [2.75, 3.05) is 17.7 Å². The highest BCUT2D eigenvalue weighted by Gasteiger charge is 2.29. The van der Waals surface area contributed by atoms with Crippen molar-refractivity contribution in [3.63, 3.8) is 0 Å². The topological polar surface area (TPSA) is 70.2 Å². The molecule has 0 saturated carbocycles. The molecule has 1 aliphatic rings. The van der Waals surface area contributed by atoms with Crippen molar-refractivity contribution in [2.24, 2.45) is 0 Å². The average Bonchev–Trinajstić information content (AvgIpc) is 3.08. The van der Waals surface area contributed by atoms with Crippen LogP contribution in [0.25, 0.3) is 11.3 Å². The molecule has 0 aliphatic carbocycles. The number of halogens is 1. The molecule has 0 saturated heterocycles. The van der Waals surface area contributed by atoms with E-state index in [0.717, 1.165) is 11.3 Å². The monoisotopic (exact) mass is 403 g/mol. The molecule has 4 rings (SSSR count). The number of fused-ring (bicyclic) bond motifs is 1. The first-order valence-corrected chi connectivity index (χ1v) is 9.45. The van der Waals surface area contributed by atoms with Crippen molar-refractivity contribution < 1.29 is 9.59 Å². The van der Waals surface area contributed by atoms with Crippen molar-refractivity contribution in [2.45, 2.75) is 0 Å². The summed E-state index contributed by atoms with van der Waals surface area (Å²) in [7, 11) is 1.58. The standard InChI is InChI=1S/C23H18ClN3O2/c1-25-22(28)15-7-12-19-18(13-15)20(23(29)27-19)21(14-5-3-2-4-6-14)26-17-10-8-16(24)9-11-17/h2-13,26H,1H3,(H,25,28)(H,27,29). The first-order valence-electron chi connectivity index (χ1n) is 9.07. The number of hydrogen-bond donors (Lipinski definition) is 3. The molecule has 3 aromatic rings. The summed E-state index contributed by atoms with van der Waals surface area (Å²) in [6.07, 6.45) is 0.